The molecule has 6 amide bonds. The molecule has 3 aromatic carbocycles. The molecule has 15 nitrogen and oxygen atoms in total. The number of imide groups is 2. The lowest BCUT2D eigenvalue weighted by molar-refractivity contribution is -0.136. The number of amides is 6. The van der Waals surface area contributed by atoms with Crippen molar-refractivity contribution in [2.45, 2.75) is 58.7 Å². The van der Waals surface area contributed by atoms with E-state index in [4.69, 9.17) is 21.3 Å². The minimum atomic E-state index is -1.09. The third-order valence-electron chi connectivity index (χ3n) is 10.5. The van der Waals surface area contributed by atoms with Crippen LogP contribution in [0.5, 0.6) is 5.75 Å². The summed E-state index contributed by atoms with van der Waals surface area (Å²) in [5, 5.41) is 18.2. The Morgan fingerprint density at radius 2 is 1.66 bits per heavy atom. The van der Waals surface area contributed by atoms with Crippen LogP contribution in [0.25, 0.3) is 5.00 Å². The second-order valence-corrected chi connectivity index (χ2v) is 16.0. The zero-order valence-corrected chi connectivity index (χ0v) is 33.7. The summed E-state index contributed by atoms with van der Waals surface area (Å²) in [7, 11) is 0. The average Bonchev–Trinajstić information content (AvgIpc) is 3.80. The molecule has 17 heteroatoms. The molecule has 3 N–H and O–H groups in total. The van der Waals surface area contributed by atoms with Gasteiger partial charge in [-0.25, -0.2) is 0 Å². The van der Waals surface area contributed by atoms with Gasteiger partial charge >= 0.3 is 0 Å². The molecule has 0 radical (unpaired) electrons. The molecular weight excluding hydrogens is 796 g/mol. The predicted molar refractivity (Wildman–Crippen MR) is 217 cm³/mol. The first-order valence-electron chi connectivity index (χ1n) is 18.9. The number of benzene rings is 3. The highest BCUT2D eigenvalue weighted by molar-refractivity contribution is 7.15. The van der Waals surface area contributed by atoms with Gasteiger partial charge < -0.3 is 15.4 Å². The molecule has 8 rings (SSSR count). The van der Waals surface area contributed by atoms with Crippen molar-refractivity contribution in [3.63, 3.8) is 0 Å². The Balaban J connectivity index is 0.863. The Hall–Kier alpha value is -6.52. The van der Waals surface area contributed by atoms with Gasteiger partial charge in [0.2, 0.25) is 17.7 Å². The molecule has 1 unspecified atom stereocenters. The number of aliphatic imine (C=N–C) groups is 1. The maximum Gasteiger partial charge on any atom is 0.266 e. The molecule has 2 aromatic heterocycles. The maximum atomic E-state index is 13.4. The van der Waals surface area contributed by atoms with Crippen LogP contribution >= 0.6 is 22.9 Å². The number of aromatic nitrogens is 3. The highest BCUT2D eigenvalue weighted by Crippen LogP contribution is 2.40. The van der Waals surface area contributed by atoms with Gasteiger partial charge in [-0.15, -0.1) is 21.5 Å². The van der Waals surface area contributed by atoms with Crippen LogP contribution in [0.1, 0.15) is 95.2 Å². The number of carbonyl (C=O) groups excluding carboxylic acids is 6. The van der Waals surface area contributed by atoms with Gasteiger partial charge in [-0.3, -0.25) is 48.5 Å². The quantitative estimate of drug-likeness (QED) is 0.125. The summed E-state index contributed by atoms with van der Waals surface area (Å²) in [5.74, 6) is -1.61. The number of nitrogens with one attached hydrogen (secondary N) is 3. The zero-order chi connectivity index (χ0) is 41.5. The molecule has 3 aliphatic heterocycles. The van der Waals surface area contributed by atoms with Crippen molar-refractivity contribution < 1.29 is 33.5 Å². The minimum Gasteiger partial charge on any atom is -0.488 e. The van der Waals surface area contributed by atoms with Gasteiger partial charge in [-0.2, -0.15) is 0 Å². The zero-order valence-electron chi connectivity index (χ0n) is 32.1. The molecule has 2 atom stereocenters. The van der Waals surface area contributed by atoms with E-state index in [0.717, 1.165) is 37.2 Å². The molecule has 5 aromatic rings. The molecule has 59 heavy (non-hydrogen) atoms. The topological polar surface area (TPSA) is 194 Å². The number of hydrogen-bond acceptors (Lipinski definition) is 11. The summed E-state index contributed by atoms with van der Waals surface area (Å²) in [6.45, 7) is 6.39. The average molecular weight is 833 g/mol. The number of hydrogen-bond donors (Lipinski definition) is 3. The van der Waals surface area contributed by atoms with Crippen LogP contribution in [0.3, 0.4) is 0 Å². The van der Waals surface area contributed by atoms with E-state index in [0.29, 0.717) is 27.8 Å². The SMILES string of the molecule is Cc1sc2c(c1C)C(c1ccc(Cl)cc1)=N[C@@H](CC(=O)NCCNC(=O)c1ccc(COc3cccc4c3C(=O)N(C3CCC(=O)NC3=O)C4=O)cc1)c1nnc(C)n1-2. The Bertz CT molecular complexity index is 2600. The number of aryl methyl sites for hydroxylation is 2. The number of ether oxygens (including phenoxy) is 1. The summed E-state index contributed by atoms with van der Waals surface area (Å²) in [5.41, 5.74) is 4.93. The first-order chi connectivity index (χ1) is 28.4. The fourth-order valence-corrected chi connectivity index (χ4v) is 8.72. The predicted octanol–water partition coefficient (Wildman–Crippen LogP) is 4.72. The third kappa shape index (κ3) is 7.52. The third-order valence-corrected chi connectivity index (χ3v) is 12.0. The smallest absolute Gasteiger partial charge is 0.266 e. The fraction of sp³-hybridized carbons (Fsp3) is 0.262. The molecule has 1 saturated heterocycles. The lowest BCUT2D eigenvalue weighted by Gasteiger charge is -2.27. The monoisotopic (exact) mass is 832 g/mol. The van der Waals surface area contributed by atoms with Crippen LogP contribution in [0, 0.1) is 20.8 Å². The maximum absolute atomic E-state index is 13.4. The summed E-state index contributed by atoms with van der Waals surface area (Å²) in [4.78, 5) is 84.1. The lowest BCUT2D eigenvalue weighted by Crippen LogP contribution is -2.54. The normalized spacial score (nSPS) is 17.1. The second kappa shape index (κ2) is 16.0. The highest BCUT2D eigenvalue weighted by Gasteiger charge is 2.46. The number of nitrogens with zero attached hydrogens (tertiary/aromatic N) is 5. The van der Waals surface area contributed by atoms with Crippen LogP contribution in [0.2, 0.25) is 5.02 Å². The molecule has 0 spiro atoms. The number of carbonyl (C=O) groups is 6. The lowest BCUT2D eigenvalue weighted by atomic mass is 9.99. The summed E-state index contributed by atoms with van der Waals surface area (Å²) in [6.07, 6.45) is 0.0742. The summed E-state index contributed by atoms with van der Waals surface area (Å²) >= 11 is 7.85. The van der Waals surface area contributed by atoms with Gasteiger partial charge in [0.05, 0.1) is 23.3 Å². The van der Waals surface area contributed by atoms with Gasteiger partial charge in [0, 0.05) is 46.1 Å². The van der Waals surface area contributed by atoms with Crippen LogP contribution in [0.15, 0.2) is 71.7 Å². The van der Waals surface area contributed by atoms with Gasteiger partial charge in [0.15, 0.2) is 5.82 Å². The van der Waals surface area contributed by atoms with E-state index in [1.165, 1.54) is 6.07 Å². The Kier molecular flexibility index (Phi) is 10.7. The van der Waals surface area contributed by atoms with Crippen LogP contribution < -0.4 is 20.7 Å². The summed E-state index contributed by atoms with van der Waals surface area (Å²) < 4.78 is 7.94. The van der Waals surface area contributed by atoms with Crippen LogP contribution in [-0.2, 0) is 21.0 Å². The van der Waals surface area contributed by atoms with Crippen molar-refractivity contribution in [2.24, 2.45) is 4.99 Å². The fourth-order valence-electron chi connectivity index (χ4n) is 7.38. The number of thiophene rings is 1. The first-order valence-corrected chi connectivity index (χ1v) is 20.1. The van der Waals surface area contributed by atoms with Crippen molar-refractivity contribution in [1.29, 1.82) is 0 Å². The molecular formula is C42H37ClN8O7S. The van der Waals surface area contributed by atoms with E-state index in [-0.39, 0.29) is 67.6 Å². The van der Waals surface area contributed by atoms with Gasteiger partial charge in [-0.05, 0) is 74.7 Å². The van der Waals surface area contributed by atoms with Gasteiger partial charge in [-0.1, -0.05) is 41.9 Å². The van der Waals surface area contributed by atoms with Crippen molar-refractivity contribution in [3.8, 4) is 10.8 Å². The molecule has 5 heterocycles. The van der Waals surface area contributed by atoms with E-state index >= 15 is 0 Å². The summed E-state index contributed by atoms with van der Waals surface area (Å²) in [6, 6.07) is 17.1. The van der Waals surface area contributed by atoms with E-state index in [2.05, 4.69) is 40.0 Å². The molecule has 0 bridgehead atoms. The van der Waals surface area contributed by atoms with Crippen molar-refractivity contribution in [3.05, 3.63) is 127 Å². The molecule has 1 fully saturated rings. The van der Waals surface area contributed by atoms with Crippen molar-refractivity contribution in [2.75, 3.05) is 13.1 Å². The van der Waals surface area contributed by atoms with E-state index in [9.17, 15) is 28.8 Å². The molecule has 300 valence electrons. The van der Waals surface area contributed by atoms with Gasteiger partial charge in [0.25, 0.3) is 17.7 Å². The largest absolute Gasteiger partial charge is 0.488 e. The van der Waals surface area contributed by atoms with Crippen molar-refractivity contribution >= 4 is 64.1 Å². The Morgan fingerprint density at radius 1 is 0.915 bits per heavy atom. The van der Waals surface area contributed by atoms with E-state index in [1.807, 2.05) is 35.8 Å². The molecule has 0 saturated carbocycles. The standard InChI is InChI=1S/C42H37ClN8O7S/c1-21-22(2)59-42-34(21)36(25-11-13-27(43)14-12-25)46-29(37-49-48-23(3)50(37)42)19-33(53)44-17-18-45-38(54)26-9-7-24(8-10-26)20-58-31-6-4-5-28-35(31)41(57)51(40(28)56)30-15-16-32(52)47-39(30)55/h4-14,29-30H,15-20H2,1-3H3,(H,44,53)(H,45,54)(H,47,52,55)/t29-,30?/m0/s1. The number of piperidine rings is 1. The molecule has 3 aliphatic rings. The number of rotatable bonds is 11. The van der Waals surface area contributed by atoms with E-state index < -0.39 is 35.7 Å². The Morgan fingerprint density at radius 3 is 2.41 bits per heavy atom. The molecule has 0 aliphatic carbocycles. The first kappa shape index (κ1) is 39.3. The minimum absolute atomic E-state index is 0.00796. The van der Waals surface area contributed by atoms with E-state index in [1.54, 1.807) is 47.7 Å². The van der Waals surface area contributed by atoms with Crippen molar-refractivity contribution in [1.82, 2.24) is 35.6 Å². The number of fused-ring (bicyclic) bond motifs is 4. The second-order valence-electron chi connectivity index (χ2n) is 14.3. The Labute approximate surface area is 346 Å². The number of halogens is 1. The van der Waals surface area contributed by atoms with Crippen LogP contribution in [-0.4, -0.2) is 80.0 Å². The highest BCUT2D eigenvalue weighted by atomic mass is 35.5. The van der Waals surface area contributed by atoms with Gasteiger partial charge in [0.1, 0.15) is 35.3 Å². The van der Waals surface area contributed by atoms with Crippen LogP contribution in [0.4, 0.5) is 0 Å².